The molecule has 1 atom stereocenters. The molecule has 1 aromatic rings. The van der Waals surface area contributed by atoms with Gasteiger partial charge in [0.1, 0.15) is 6.04 Å². The second-order valence-corrected chi connectivity index (χ2v) is 5.08. The molecule has 0 aliphatic carbocycles. The van der Waals surface area contributed by atoms with Crippen molar-refractivity contribution in [1.82, 2.24) is 5.32 Å². The van der Waals surface area contributed by atoms with E-state index in [1.807, 2.05) is 12.1 Å². The van der Waals surface area contributed by atoms with Gasteiger partial charge in [-0.25, -0.2) is 4.79 Å². The predicted octanol–water partition coefficient (Wildman–Crippen LogP) is 1.49. The van der Waals surface area contributed by atoms with Gasteiger partial charge < -0.3 is 15.7 Å². The molecule has 0 fully saturated rings. The highest BCUT2D eigenvalue weighted by Gasteiger charge is 2.24. The molecule has 0 aromatic heterocycles. The van der Waals surface area contributed by atoms with E-state index in [2.05, 4.69) is 10.6 Å². The zero-order valence-electron chi connectivity index (χ0n) is 11.1. The number of benzene rings is 1. The minimum atomic E-state index is -1.01. The Hall–Kier alpha value is -2.04. The number of nitrogens with one attached hydrogen (secondary N) is 2. The first-order valence-corrected chi connectivity index (χ1v) is 6.39. The van der Waals surface area contributed by atoms with E-state index < -0.39 is 12.0 Å². The van der Waals surface area contributed by atoms with Gasteiger partial charge in [-0.05, 0) is 36.1 Å². The number of hydrogen-bond donors (Lipinski definition) is 3. The van der Waals surface area contributed by atoms with Crippen LogP contribution in [0, 0.1) is 5.92 Å². The van der Waals surface area contributed by atoms with Crippen LogP contribution in [0.5, 0.6) is 0 Å². The molecule has 1 heterocycles. The van der Waals surface area contributed by atoms with E-state index in [-0.39, 0.29) is 11.8 Å². The first kappa shape index (κ1) is 13.4. The molecule has 3 N–H and O–H groups in total. The Bertz CT molecular complexity index is 511. The fourth-order valence-corrected chi connectivity index (χ4v) is 2.18. The largest absolute Gasteiger partial charge is 0.480 e. The molecule has 102 valence electrons. The Kier molecular flexibility index (Phi) is 3.74. The number of rotatable bonds is 4. The van der Waals surface area contributed by atoms with Gasteiger partial charge in [-0.3, -0.25) is 4.79 Å². The zero-order chi connectivity index (χ0) is 14.0. The van der Waals surface area contributed by atoms with Gasteiger partial charge in [0.15, 0.2) is 0 Å². The monoisotopic (exact) mass is 262 g/mol. The molecular formula is C14H18N2O3. The summed E-state index contributed by atoms with van der Waals surface area (Å²) in [6, 6.07) is 4.54. The molecule has 1 aliphatic heterocycles. The minimum Gasteiger partial charge on any atom is -0.480 e. The fraction of sp³-hybridized carbons (Fsp3) is 0.429. The normalized spacial score (nSPS) is 14.7. The number of carboxylic acid groups (broad SMARTS) is 1. The fourth-order valence-electron chi connectivity index (χ4n) is 2.18. The number of carbonyl (C=O) groups is 2. The number of carbonyl (C=O) groups excluding carboxylic acids is 1. The summed E-state index contributed by atoms with van der Waals surface area (Å²) >= 11 is 0. The average molecular weight is 262 g/mol. The van der Waals surface area contributed by atoms with Crippen LogP contribution in [0.2, 0.25) is 0 Å². The zero-order valence-corrected chi connectivity index (χ0v) is 11.1. The maximum absolute atomic E-state index is 12.1. The van der Waals surface area contributed by atoms with E-state index in [9.17, 15) is 9.59 Å². The predicted molar refractivity (Wildman–Crippen MR) is 72.4 cm³/mol. The van der Waals surface area contributed by atoms with Gasteiger partial charge in [0.2, 0.25) is 0 Å². The lowest BCUT2D eigenvalue weighted by Crippen LogP contribution is -2.44. The molecule has 1 aromatic carbocycles. The van der Waals surface area contributed by atoms with Crippen molar-refractivity contribution in [3.8, 4) is 0 Å². The van der Waals surface area contributed by atoms with E-state index in [1.54, 1.807) is 19.9 Å². The number of aliphatic carboxylic acids is 1. The van der Waals surface area contributed by atoms with Gasteiger partial charge >= 0.3 is 5.97 Å². The molecule has 19 heavy (non-hydrogen) atoms. The Morgan fingerprint density at radius 2 is 2.11 bits per heavy atom. The van der Waals surface area contributed by atoms with Gasteiger partial charge in [0, 0.05) is 17.8 Å². The van der Waals surface area contributed by atoms with Crippen LogP contribution in [0.15, 0.2) is 18.2 Å². The van der Waals surface area contributed by atoms with Crippen molar-refractivity contribution >= 4 is 17.6 Å². The van der Waals surface area contributed by atoms with Crippen molar-refractivity contribution in [2.45, 2.75) is 26.3 Å². The van der Waals surface area contributed by atoms with E-state index in [0.717, 1.165) is 24.2 Å². The molecule has 2 rings (SSSR count). The summed E-state index contributed by atoms with van der Waals surface area (Å²) in [7, 11) is 0. The molecule has 0 saturated heterocycles. The molecule has 0 unspecified atom stereocenters. The van der Waals surface area contributed by atoms with Crippen molar-refractivity contribution in [1.29, 1.82) is 0 Å². The smallest absolute Gasteiger partial charge is 0.326 e. The molecule has 0 bridgehead atoms. The molecule has 0 spiro atoms. The van der Waals surface area contributed by atoms with E-state index >= 15 is 0 Å². The summed E-state index contributed by atoms with van der Waals surface area (Å²) in [5.74, 6) is -1.50. The highest BCUT2D eigenvalue weighted by molar-refractivity contribution is 5.97. The number of amides is 1. The van der Waals surface area contributed by atoms with Crippen molar-refractivity contribution in [3.63, 3.8) is 0 Å². The van der Waals surface area contributed by atoms with Crippen molar-refractivity contribution in [3.05, 3.63) is 29.3 Å². The van der Waals surface area contributed by atoms with E-state index in [1.165, 1.54) is 0 Å². The number of fused-ring (bicyclic) bond motifs is 1. The van der Waals surface area contributed by atoms with Crippen LogP contribution in [0.3, 0.4) is 0 Å². The molecule has 5 heteroatoms. The molecular weight excluding hydrogens is 244 g/mol. The van der Waals surface area contributed by atoms with Gasteiger partial charge in [-0.15, -0.1) is 0 Å². The topological polar surface area (TPSA) is 78.4 Å². The third kappa shape index (κ3) is 2.86. The van der Waals surface area contributed by atoms with Crippen LogP contribution >= 0.6 is 0 Å². The maximum atomic E-state index is 12.1. The quantitative estimate of drug-likeness (QED) is 0.768. The second kappa shape index (κ2) is 5.30. The second-order valence-electron chi connectivity index (χ2n) is 5.08. The summed E-state index contributed by atoms with van der Waals surface area (Å²) in [4.78, 5) is 23.1. The minimum absolute atomic E-state index is 0.155. The third-order valence-electron chi connectivity index (χ3n) is 3.30. The molecule has 0 saturated carbocycles. The van der Waals surface area contributed by atoms with Crippen LogP contribution in [0.1, 0.15) is 29.8 Å². The summed E-state index contributed by atoms with van der Waals surface area (Å²) in [6.45, 7) is 4.42. The van der Waals surface area contributed by atoms with E-state index in [0.29, 0.717) is 5.56 Å². The Balaban J connectivity index is 2.13. The highest BCUT2D eigenvalue weighted by atomic mass is 16.4. The SMILES string of the molecule is CC(C)[C@@H](NC(=O)c1ccc2c(c1)CCN2)C(=O)O. The lowest BCUT2D eigenvalue weighted by Gasteiger charge is -2.18. The van der Waals surface area contributed by atoms with Gasteiger partial charge in [-0.1, -0.05) is 13.8 Å². The summed E-state index contributed by atoms with van der Waals surface area (Å²) in [5, 5.41) is 14.9. The number of hydrogen-bond acceptors (Lipinski definition) is 3. The van der Waals surface area contributed by atoms with Crippen LogP contribution < -0.4 is 10.6 Å². The van der Waals surface area contributed by atoms with Crippen LogP contribution in [0.25, 0.3) is 0 Å². The Labute approximate surface area is 112 Å². The molecule has 0 radical (unpaired) electrons. The Morgan fingerprint density at radius 3 is 2.74 bits per heavy atom. The standard InChI is InChI=1S/C14H18N2O3/c1-8(2)12(14(18)19)16-13(17)10-3-4-11-9(7-10)5-6-15-11/h3-4,7-8,12,15H,5-6H2,1-2H3,(H,16,17)(H,18,19)/t12-/m1/s1. The van der Waals surface area contributed by atoms with Crippen LogP contribution in [-0.4, -0.2) is 29.6 Å². The van der Waals surface area contributed by atoms with Crippen molar-refractivity contribution < 1.29 is 14.7 Å². The van der Waals surface area contributed by atoms with Crippen LogP contribution in [-0.2, 0) is 11.2 Å². The molecule has 1 aliphatic rings. The van der Waals surface area contributed by atoms with Gasteiger partial charge in [0.25, 0.3) is 5.91 Å². The molecule has 5 nitrogen and oxygen atoms in total. The highest BCUT2D eigenvalue weighted by Crippen LogP contribution is 2.23. The maximum Gasteiger partial charge on any atom is 0.326 e. The number of carboxylic acids is 1. The van der Waals surface area contributed by atoms with Crippen molar-refractivity contribution in [2.24, 2.45) is 5.92 Å². The lowest BCUT2D eigenvalue weighted by atomic mass is 10.0. The summed E-state index contributed by atoms with van der Waals surface area (Å²) < 4.78 is 0. The average Bonchev–Trinajstić information content (AvgIpc) is 2.81. The first-order valence-electron chi connectivity index (χ1n) is 6.39. The third-order valence-corrected chi connectivity index (χ3v) is 3.30. The van der Waals surface area contributed by atoms with Crippen molar-refractivity contribution in [2.75, 3.05) is 11.9 Å². The van der Waals surface area contributed by atoms with E-state index in [4.69, 9.17) is 5.11 Å². The van der Waals surface area contributed by atoms with Gasteiger partial charge in [0.05, 0.1) is 0 Å². The summed E-state index contributed by atoms with van der Waals surface area (Å²) in [6.07, 6.45) is 0.892. The molecule has 1 amide bonds. The Morgan fingerprint density at radius 1 is 1.37 bits per heavy atom. The van der Waals surface area contributed by atoms with Crippen LogP contribution in [0.4, 0.5) is 5.69 Å². The first-order chi connectivity index (χ1) is 8.99. The number of anilines is 1. The van der Waals surface area contributed by atoms with Gasteiger partial charge in [-0.2, -0.15) is 0 Å². The summed E-state index contributed by atoms with van der Waals surface area (Å²) in [5.41, 5.74) is 2.66. The lowest BCUT2D eigenvalue weighted by molar-refractivity contribution is -0.140.